The number of hydrogen-bond donors (Lipinski definition) is 6. The number of nitrogens with zero attached hydrogens (tertiary/aromatic N) is 4. The van der Waals surface area contributed by atoms with Crippen molar-refractivity contribution in [2.24, 2.45) is 43.3 Å². The number of anilines is 2. The van der Waals surface area contributed by atoms with E-state index in [1.807, 2.05) is 62.4 Å². The lowest BCUT2D eigenvalue weighted by molar-refractivity contribution is 1.20. The van der Waals surface area contributed by atoms with Crippen molar-refractivity contribution < 1.29 is 0 Å². The van der Waals surface area contributed by atoms with E-state index in [0.29, 0.717) is 16.5 Å². The third kappa shape index (κ3) is 9.60. The zero-order valence-electron chi connectivity index (χ0n) is 17.4. The average molecular weight is 497 g/mol. The Kier molecular flexibility index (Phi) is 12.3. The maximum absolute atomic E-state index is 5.37. The summed E-state index contributed by atoms with van der Waals surface area (Å²) in [5.41, 5.74) is 25.9. The van der Waals surface area contributed by atoms with Crippen LogP contribution in [0.2, 0.25) is 0 Å². The zero-order chi connectivity index (χ0) is 22.1. The summed E-state index contributed by atoms with van der Waals surface area (Å²) in [4.78, 5) is 0. The van der Waals surface area contributed by atoms with Gasteiger partial charge in [0, 0.05) is 11.4 Å². The Morgan fingerprint density at radius 1 is 0.625 bits per heavy atom. The molecule has 2 rings (SSSR count). The molecule has 0 heterocycles. The van der Waals surface area contributed by atoms with Gasteiger partial charge in [-0.3, -0.25) is 0 Å². The smallest absolute Gasteiger partial charge is 0.211 e. The molecule has 0 bridgehead atoms. The van der Waals surface area contributed by atoms with Crippen LogP contribution in [0.15, 0.2) is 68.9 Å². The van der Waals surface area contributed by atoms with Gasteiger partial charge in [0.05, 0.1) is 11.4 Å². The van der Waals surface area contributed by atoms with Gasteiger partial charge >= 0.3 is 0 Å². The number of thiocarbonyl (C=S) groups is 1. The molecule has 0 saturated heterocycles. The van der Waals surface area contributed by atoms with Crippen LogP contribution >= 0.6 is 37.0 Å². The molecule has 0 saturated carbocycles. The molecule has 13 heteroatoms. The summed E-state index contributed by atoms with van der Waals surface area (Å²) in [7, 11) is 0. The summed E-state index contributed by atoms with van der Waals surface area (Å²) >= 11 is 5.37. The van der Waals surface area contributed by atoms with Crippen molar-refractivity contribution in [2.45, 2.75) is 13.8 Å². The molecule has 0 atom stereocenters. The molecule has 0 unspecified atom stereocenters. The van der Waals surface area contributed by atoms with E-state index in [1.54, 1.807) is 0 Å². The minimum Gasteiger partial charge on any atom is -0.369 e. The van der Waals surface area contributed by atoms with E-state index in [0.717, 1.165) is 22.5 Å². The quantitative estimate of drug-likeness (QED) is 0.153. The van der Waals surface area contributed by atoms with E-state index in [2.05, 4.69) is 31.0 Å². The van der Waals surface area contributed by atoms with E-state index < -0.39 is 0 Å². The van der Waals surface area contributed by atoms with Crippen LogP contribution in [0.5, 0.6) is 0 Å². The van der Waals surface area contributed by atoms with Crippen LogP contribution < -0.4 is 33.6 Å². The van der Waals surface area contributed by atoms with Crippen LogP contribution in [0.25, 0.3) is 0 Å². The number of rotatable bonds is 6. The summed E-state index contributed by atoms with van der Waals surface area (Å²) in [5, 5.41) is 21.9. The van der Waals surface area contributed by atoms with Crippen molar-refractivity contribution in [2.75, 3.05) is 10.6 Å². The molecule has 32 heavy (non-hydrogen) atoms. The molecule has 0 aliphatic rings. The first-order valence-corrected chi connectivity index (χ1v) is 9.20. The minimum atomic E-state index is -0.0895. The maximum Gasteiger partial charge on any atom is 0.211 e. The van der Waals surface area contributed by atoms with Gasteiger partial charge in [-0.25, -0.2) is 0 Å². The first-order valence-electron chi connectivity index (χ1n) is 8.80. The third-order valence-electron chi connectivity index (χ3n) is 3.75. The second kappa shape index (κ2) is 13.8. The van der Waals surface area contributed by atoms with Crippen LogP contribution in [0.1, 0.15) is 25.0 Å². The lowest BCUT2D eigenvalue weighted by Crippen LogP contribution is -2.22. The first kappa shape index (κ1) is 28.6. The van der Waals surface area contributed by atoms with Crippen molar-refractivity contribution in [3.05, 3.63) is 59.7 Å². The first-order chi connectivity index (χ1) is 14.2. The predicted octanol–water partition coefficient (Wildman–Crippen LogP) is 2.33. The van der Waals surface area contributed by atoms with Gasteiger partial charge in [0.15, 0.2) is 5.11 Å². The third-order valence-corrected chi connectivity index (χ3v) is 3.96. The molecular formula is C19H26Cl2N10S. The number of halogens is 2. The van der Waals surface area contributed by atoms with Gasteiger partial charge in [0.25, 0.3) is 0 Å². The number of guanidine groups is 2. The molecule has 2 aromatic carbocycles. The summed E-state index contributed by atoms with van der Waals surface area (Å²) in [5.74, 6) is -0.179. The van der Waals surface area contributed by atoms with E-state index in [1.165, 1.54) is 0 Å². The number of nitrogens with two attached hydrogens (primary N) is 4. The molecule has 0 aliphatic carbocycles. The minimum absolute atomic E-state index is 0. The van der Waals surface area contributed by atoms with E-state index in [9.17, 15) is 0 Å². The second-order valence-corrected chi connectivity index (χ2v) is 6.56. The lowest BCUT2D eigenvalue weighted by atomic mass is 10.1. The van der Waals surface area contributed by atoms with Crippen LogP contribution in [-0.2, 0) is 0 Å². The van der Waals surface area contributed by atoms with E-state index in [-0.39, 0.29) is 36.7 Å². The topological polar surface area (TPSA) is 178 Å². The standard InChI is InChI=1S/C19H24N10S.2ClH/c1-11(26-28-17(20)21)13-3-7-15(8-4-13)24-19(30)25-16-9-5-14(6-10-16)12(2)27-29-18(22)23;;/h3-10H,1-2H3,(H4,20,21,28)(H4,22,23,29)(H2,24,25,30);2*1H. The monoisotopic (exact) mass is 496 g/mol. The maximum atomic E-state index is 5.37. The Morgan fingerprint density at radius 2 is 0.938 bits per heavy atom. The molecule has 0 amide bonds. The van der Waals surface area contributed by atoms with Crippen molar-refractivity contribution >= 4 is 76.9 Å². The molecule has 0 spiro atoms. The summed E-state index contributed by atoms with van der Waals surface area (Å²) in [6.45, 7) is 3.63. The molecule has 2 aromatic rings. The zero-order valence-corrected chi connectivity index (χ0v) is 19.9. The van der Waals surface area contributed by atoms with Crippen molar-refractivity contribution in [3.63, 3.8) is 0 Å². The molecule has 0 radical (unpaired) electrons. The van der Waals surface area contributed by atoms with Gasteiger partial charge in [-0.15, -0.1) is 35.0 Å². The number of nitrogens with one attached hydrogen (secondary N) is 2. The highest BCUT2D eigenvalue weighted by molar-refractivity contribution is 7.80. The molecule has 10 N–H and O–H groups in total. The summed E-state index contributed by atoms with van der Waals surface area (Å²) < 4.78 is 0. The fourth-order valence-corrected chi connectivity index (χ4v) is 2.50. The van der Waals surface area contributed by atoms with Crippen LogP contribution in [0, 0.1) is 0 Å². The molecule has 172 valence electrons. The fraction of sp³-hybridized carbons (Fsp3) is 0.105. The molecule has 0 aliphatic heterocycles. The average Bonchev–Trinajstić information content (AvgIpc) is 2.71. The van der Waals surface area contributed by atoms with Gasteiger partial charge in [-0.05, 0) is 61.5 Å². The van der Waals surface area contributed by atoms with Gasteiger partial charge in [0.1, 0.15) is 0 Å². The molecule has 0 aromatic heterocycles. The van der Waals surface area contributed by atoms with Crippen molar-refractivity contribution in [1.82, 2.24) is 0 Å². The Morgan fingerprint density at radius 3 is 1.22 bits per heavy atom. The second-order valence-electron chi connectivity index (χ2n) is 6.15. The Balaban J connectivity index is 0.00000480. The molecule has 10 nitrogen and oxygen atoms in total. The van der Waals surface area contributed by atoms with Crippen molar-refractivity contribution in [3.8, 4) is 0 Å². The SMILES string of the molecule is CC(=NN=C(N)N)c1ccc(NC(=S)Nc2ccc(C(C)=NN=C(N)N)cc2)cc1.Cl.Cl. The van der Waals surface area contributed by atoms with Crippen LogP contribution in [0.3, 0.4) is 0 Å². The molecule has 0 fully saturated rings. The van der Waals surface area contributed by atoms with Crippen molar-refractivity contribution in [1.29, 1.82) is 0 Å². The van der Waals surface area contributed by atoms with Gasteiger partial charge in [-0.1, -0.05) is 24.3 Å². The van der Waals surface area contributed by atoms with E-state index in [4.69, 9.17) is 35.2 Å². The van der Waals surface area contributed by atoms with E-state index >= 15 is 0 Å². The van der Waals surface area contributed by atoms with Gasteiger partial charge in [0.2, 0.25) is 11.9 Å². The highest BCUT2D eigenvalue weighted by Gasteiger charge is 2.03. The number of benzene rings is 2. The Hall–Kier alpha value is -3.41. The largest absolute Gasteiger partial charge is 0.369 e. The lowest BCUT2D eigenvalue weighted by Gasteiger charge is -2.11. The Labute approximate surface area is 204 Å². The molecular weight excluding hydrogens is 471 g/mol. The number of hydrogen-bond acceptors (Lipinski definition) is 5. The highest BCUT2D eigenvalue weighted by atomic mass is 35.5. The normalized spacial score (nSPS) is 10.7. The Bertz CT molecular complexity index is 926. The van der Waals surface area contributed by atoms with Gasteiger partial charge < -0.3 is 33.6 Å². The highest BCUT2D eigenvalue weighted by Crippen LogP contribution is 2.14. The summed E-state index contributed by atoms with van der Waals surface area (Å²) in [6, 6.07) is 15.1. The predicted molar refractivity (Wildman–Crippen MR) is 143 cm³/mol. The summed E-state index contributed by atoms with van der Waals surface area (Å²) in [6.07, 6.45) is 0. The van der Waals surface area contributed by atoms with Gasteiger partial charge in [-0.2, -0.15) is 10.2 Å². The van der Waals surface area contributed by atoms with Crippen LogP contribution in [0.4, 0.5) is 11.4 Å². The fourth-order valence-electron chi connectivity index (χ4n) is 2.26. The van der Waals surface area contributed by atoms with Crippen LogP contribution in [-0.4, -0.2) is 28.5 Å².